The third kappa shape index (κ3) is 6.42. The maximum atomic E-state index is 13.2. The molecule has 0 spiro atoms. The molecule has 1 amide bonds. The number of nitrogens with one attached hydrogen (secondary N) is 1. The highest BCUT2D eigenvalue weighted by Gasteiger charge is 2.51. The lowest BCUT2D eigenvalue weighted by Crippen LogP contribution is -2.62. The van der Waals surface area contributed by atoms with Crippen LogP contribution >= 0.6 is 0 Å². The SMILES string of the molecule is COc1ccc2cc(CN[C@@H]3CC4C[C@H](C)[C@H](OC(=O)C(C)(C)C)C3N(C(=O)CC(F)(F)F)C4)ccc2c1. The number of benzene rings is 2. The van der Waals surface area contributed by atoms with Crippen LogP contribution in [0, 0.1) is 17.3 Å². The van der Waals surface area contributed by atoms with Crippen molar-refractivity contribution in [2.24, 2.45) is 17.3 Å². The second-order valence-electron chi connectivity index (χ2n) is 11.8. The molecule has 1 saturated carbocycles. The van der Waals surface area contributed by atoms with Gasteiger partial charge >= 0.3 is 12.1 Å². The van der Waals surface area contributed by atoms with Crippen molar-refractivity contribution in [3.05, 3.63) is 42.0 Å². The zero-order valence-corrected chi connectivity index (χ0v) is 22.6. The number of methoxy groups -OCH3 is 1. The van der Waals surface area contributed by atoms with Gasteiger partial charge in [-0.15, -0.1) is 0 Å². The fourth-order valence-electron chi connectivity index (χ4n) is 5.75. The van der Waals surface area contributed by atoms with Gasteiger partial charge in [0.1, 0.15) is 18.3 Å². The number of esters is 1. The highest BCUT2D eigenvalue weighted by atomic mass is 19.4. The Bertz CT molecular complexity index is 1180. The quantitative estimate of drug-likeness (QED) is 0.498. The summed E-state index contributed by atoms with van der Waals surface area (Å²) in [5.41, 5.74) is 0.230. The van der Waals surface area contributed by atoms with Crippen LogP contribution < -0.4 is 10.1 Å². The zero-order chi connectivity index (χ0) is 27.8. The molecule has 6 nitrogen and oxygen atoms in total. The molecule has 0 radical (unpaired) electrons. The molecule has 2 unspecified atom stereocenters. The lowest BCUT2D eigenvalue weighted by atomic mass is 9.88. The van der Waals surface area contributed by atoms with Crippen LogP contribution in [0.1, 0.15) is 52.5 Å². The van der Waals surface area contributed by atoms with E-state index in [0.29, 0.717) is 19.4 Å². The number of hydrogen-bond donors (Lipinski definition) is 1. The number of amides is 1. The van der Waals surface area contributed by atoms with Crippen molar-refractivity contribution in [2.75, 3.05) is 13.7 Å². The number of carbonyl (C=O) groups is 2. The van der Waals surface area contributed by atoms with Gasteiger partial charge in [-0.2, -0.15) is 13.2 Å². The van der Waals surface area contributed by atoms with Crippen LogP contribution in [0.25, 0.3) is 10.8 Å². The molecule has 2 heterocycles. The van der Waals surface area contributed by atoms with E-state index in [0.717, 1.165) is 22.1 Å². The first-order chi connectivity index (χ1) is 17.7. The van der Waals surface area contributed by atoms with Crippen LogP contribution in [0.4, 0.5) is 13.2 Å². The summed E-state index contributed by atoms with van der Waals surface area (Å²) >= 11 is 0. The minimum atomic E-state index is -4.61. The number of carbonyl (C=O) groups excluding carboxylic acids is 2. The van der Waals surface area contributed by atoms with Gasteiger partial charge in [-0.25, -0.2) is 0 Å². The van der Waals surface area contributed by atoms with E-state index in [9.17, 15) is 22.8 Å². The normalized spacial score (nSPS) is 25.8. The average molecular weight is 535 g/mol. The monoisotopic (exact) mass is 534 g/mol. The maximum Gasteiger partial charge on any atom is 0.397 e. The second kappa shape index (κ2) is 10.8. The number of alkyl halides is 3. The number of fused-ring (bicyclic) bond motifs is 5. The molecule has 2 aromatic carbocycles. The number of nitrogens with zero attached hydrogens (tertiary/aromatic N) is 1. The number of rotatable bonds is 6. The molecule has 208 valence electrons. The molecule has 2 aromatic rings. The van der Waals surface area contributed by atoms with Crippen LogP contribution in [-0.2, 0) is 20.9 Å². The predicted molar refractivity (Wildman–Crippen MR) is 139 cm³/mol. The maximum absolute atomic E-state index is 13.2. The van der Waals surface area contributed by atoms with E-state index in [-0.39, 0.29) is 24.4 Å². The van der Waals surface area contributed by atoms with Crippen molar-refractivity contribution in [3.63, 3.8) is 0 Å². The minimum Gasteiger partial charge on any atom is -0.497 e. The standard InChI is InChI=1S/C29H37F3N2O4/c1-17-10-19-12-23(33-15-18-6-7-21-13-22(37-5)9-8-20(21)11-18)25(26(17)38-27(36)28(2,3)4)34(16-19)24(35)14-29(30,31)32/h6-9,11,13,17,19,23,25-26,33H,10,12,14-16H2,1-5H3/t17-,19?,23+,25?,26-/m0/s1. The fraction of sp³-hybridized carbons (Fsp3) is 0.586. The van der Waals surface area contributed by atoms with Crippen LogP contribution in [0.2, 0.25) is 0 Å². The number of hydrogen-bond acceptors (Lipinski definition) is 5. The first kappa shape index (κ1) is 28.2. The third-order valence-electron chi connectivity index (χ3n) is 7.62. The van der Waals surface area contributed by atoms with E-state index in [2.05, 4.69) is 11.4 Å². The Morgan fingerprint density at radius 1 is 1.05 bits per heavy atom. The molecule has 5 atom stereocenters. The van der Waals surface area contributed by atoms with Crippen molar-refractivity contribution in [3.8, 4) is 5.75 Å². The highest BCUT2D eigenvalue weighted by molar-refractivity contribution is 5.84. The van der Waals surface area contributed by atoms with Crippen LogP contribution in [0.3, 0.4) is 0 Å². The van der Waals surface area contributed by atoms with E-state index in [1.165, 1.54) is 4.90 Å². The summed E-state index contributed by atoms with van der Waals surface area (Å²) in [5.74, 6) is -0.705. The van der Waals surface area contributed by atoms with Gasteiger partial charge in [-0.05, 0) is 80.0 Å². The summed E-state index contributed by atoms with van der Waals surface area (Å²) in [5, 5.41) is 5.59. The molecule has 2 aliphatic heterocycles. The second-order valence-corrected chi connectivity index (χ2v) is 11.8. The Hall–Kier alpha value is -2.81. The van der Waals surface area contributed by atoms with Gasteiger partial charge in [0.15, 0.2) is 0 Å². The van der Waals surface area contributed by atoms with E-state index in [1.807, 2.05) is 37.3 Å². The summed E-state index contributed by atoms with van der Waals surface area (Å²) in [6.45, 7) is 7.89. The molecule has 2 saturated heterocycles. The highest BCUT2D eigenvalue weighted by Crippen LogP contribution is 2.40. The molecule has 1 N–H and O–H groups in total. The van der Waals surface area contributed by atoms with Crippen LogP contribution in [0.5, 0.6) is 5.75 Å². The van der Waals surface area contributed by atoms with Gasteiger partial charge in [0.25, 0.3) is 0 Å². The first-order valence-electron chi connectivity index (χ1n) is 13.1. The summed E-state index contributed by atoms with van der Waals surface area (Å²) < 4.78 is 51.0. The smallest absolute Gasteiger partial charge is 0.397 e. The molecule has 0 aromatic heterocycles. The lowest BCUT2D eigenvalue weighted by molar-refractivity contribution is -0.175. The number of ether oxygens (including phenoxy) is 2. The van der Waals surface area contributed by atoms with Crippen molar-refractivity contribution in [1.82, 2.24) is 10.2 Å². The Balaban J connectivity index is 1.61. The average Bonchev–Trinajstić information content (AvgIpc) is 3.04. The largest absolute Gasteiger partial charge is 0.497 e. The van der Waals surface area contributed by atoms with E-state index in [4.69, 9.17) is 9.47 Å². The van der Waals surface area contributed by atoms with E-state index >= 15 is 0 Å². The van der Waals surface area contributed by atoms with E-state index < -0.39 is 42.0 Å². The molecular formula is C29H37F3N2O4. The number of halogens is 3. The number of piperidine rings is 1. The van der Waals surface area contributed by atoms with Crippen LogP contribution in [-0.4, -0.2) is 54.8 Å². The Labute approximate surface area is 221 Å². The van der Waals surface area contributed by atoms with Crippen molar-refractivity contribution < 1.29 is 32.2 Å². The van der Waals surface area contributed by atoms with Gasteiger partial charge in [-0.3, -0.25) is 9.59 Å². The van der Waals surface area contributed by atoms with Crippen molar-refractivity contribution in [1.29, 1.82) is 0 Å². The van der Waals surface area contributed by atoms with Crippen LogP contribution in [0.15, 0.2) is 36.4 Å². The molecule has 9 heteroatoms. The summed E-state index contributed by atoms with van der Waals surface area (Å²) in [7, 11) is 1.62. The summed E-state index contributed by atoms with van der Waals surface area (Å²) in [6.07, 6.45) is -5.47. The molecule has 2 bridgehead atoms. The summed E-state index contributed by atoms with van der Waals surface area (Å²) in [4.78, 5) is 27.2. The third-order valence-corrected chi connectivity index (χ3v) is 7.62. The Morgan fingerprint density at radius 2 is 1.74 bits per heavy atom. The zero-order valence-electron chi connectivity index (χ0n) is 22.6. The molecule has 1 aliphatic carbocycles. The van der Waals surface area contributed by atoms with Crippen molar-refractivity contribution >= 4 is 22.6 Å². The fourth-order valence-corrected chi connectivity index (χ4v) is 5.75. The first-order valence-corrected chi connectivity index (χ1v) is 13.1. The van der Waals surface area contributed by atoms with E-state index in [1.54, 1.807) is 27.9 Å². The predicted octanol–water partition coefficient (Wildman–Crippen LogP) is 5.47. The van der Waals surface area contributed by atoms with Gasteiger partial charge in [0, 0.05) is 19.1 Å². The van der Waals surface area contributed by atoms with Gasteiger partial charge in [0.2, 0.25) is 5.91 Å². The van der Waals surface area contributed by atoms with Gasteiger partial charge in [0.05, 0.1) is 18.6 Å². The van der Waals surface area contributed by atoms with Crippen molar-refractivity contribution in [2.45, 2.75) is 77.9 Å². The Kier molecular flexibility index (Phi) is 7.98. The molecular weight excluding hydrogens is 497 g/mol. The molecule has 5 rings (SSSR count). The van der Waals surface area contributed by atoms with Gasteiger partial charge < -0.3 is 19.7 Å². The molecule has 3 fully saturated rings. The molecule has 3 aliphatic rings. The minimum absolute atomic E-state index is 0.0124. The Morgan fingerprint density at radius 3 is 2.39 bits per heavy atom. The summed E-state index contributed by atoms with van der Waals surface area (Å²) in [6, 6.07) is 10.9. The topological polar surface area (TPSA) is 67.9 Å². The molecule has 38 heavy (non-hydrogen) atoms. The van der Waals surface area contributed by atoms with Gasteiger partial charge in [-0.1, -0.05) is 25.1 Å². The lowest BCUT2D eigenvalue weighted by Gasteiger charge is -2.45.